The van der Waals surface area contributed by atoms with Crippen LogP contribution in [-0.2, 0) is 0 Å². The van der Waals surface area contributed by atoms with Gasteiger partial charge < -0.3 is 4.90 Å². The summed E-state index contributed by atoms with van der Waals surface area (Å²) in [4.78, 5) is 14.2. The van der Waals surface area contributed by atoms with Crippen molar-refractivity contribution < 1.29 is 9.18 Å². The Balaban J connectivity index is 1.97. The molecule has 100 valence electrons. The first-order valence-electron chi connectivity index (χ1n) is 6.23. The number of nitrogens with zero attached hydrogens (tertiary/aromatic N) is 3. The smallest absolute Gasteiger partial charge is 0.263 e. The summed E-state index contributed by atoms with van der Waals surface area (Å²) >= 11 is 0. The van der Waals surface area contributed by atoms with Crippen LogP contribution in [0.5, 0.6) is 0 Å². The van der Waals surface area contributed by atoms with Gasteiger partial charge in [0.2, 0.25) is 0 Å². The molecule has 0 spiro atoms. The zero-order valence-electron chi connectivity index (χ0n) is 10.5. The second-order valence-corrected chi connectivity index (χ2v) is 4.65. The monoisotopic (exact) mass is 270 g/mol. The third kappa shape index (κ3) is 2.14. The molecule has 6 heteroatoms. The molecule has 1 fully saturated rings. The van der Waals surface area contributed by atoms with Gasteiger partial charge in [-0.3, -0.25) is 9.89 Å². The van der Waals surface area contributed by atoms with Gasteiger partial charge in [-0.25, -0.2) is 4.39 Å². The number of aromatic nitrogens is 2. The van der Waals surface area contributed by atoms with Gasteiger partial charge in [-0.1, -0.05) is 0 Å². The Bertz CT molecular complexity index is 682. The molecule has 2 aromatic rings. The number of hydrogen-bond acceptors (Lipinski definition) is 3. The Kier molecular flexibility index (Phi) is 2.95. The van der Waals surface area contributed by atoms with Crippen LogP contribution >= 0.6 is 0 Å². The van der Waals surface area contributed by atoms with Gasteiger partial charge in [-0.05, 0) is 37.1 Å². The SMILES string of the molecule is N#Cc1[nH]ncc1C(=O)N(c1ccc(F)cc1)C1CC1. The first kappa shape index (κ1) is 12.4. The van der Waals surface area contributed by atoms with E-state index in [2.05, 4.69) is 10.2 Å². The standard InChI is InChI=1S/C14H11FN4O/c15-9-1-3-10(4-2-9)19(11-5-6-11)14(20)12-8-17-18-13(12)7-16/h1-4,8,11H,5-6H2,(H,17,18). The summed E-state index contributed by atoms with van der Waals surface area (Å²) in [5.41, 5.74) is 1.01. The lowest BCUT2D eigenvalue weighted by Gasteiger charge is -2.22. The molecular formula is C14H11FN4O. The lowest BCUT2D eigenvalue weighted by molar-refractivity contribution is 0.0985. The molecule has 1 aliphatic carbocycles. The predicted octanol–water partition coefficient (Wildman–Crippen LogP) is 2.23. The number of hydrogen-bond donors (Lipinski definition) is 1. The molecule has 1 amide bonds. The summed E-state index contributed by atoms with van der Waals surface area (Å²) in [6.45, 7) is 0. The van der Waals surface area contributed by atoms with Crippen LogP contribution in [0.3, 0.4) is 0 Å². The minimum Gasteiger partial charge on any atom is -0.305 e. The normalized spacial score (nSPS) is 13.8. The van der Waals surface area contributed by atoms with Crippen LogP contribution in [0, 0.1) is 17.1 Å². The van der Waals surface area contributed by atoms with Gasteiger partial charge in [0.25, 0.3) is 5.91 Å². The van der Waals surface area contributed by atoms with E-state index in [1.54, 1.807) is 17.0 Å². The zero-order chi connectivity index (χ0) is 14.1. The Morgan fingerprint density at radius 3 is 2.70 bits per heavy atom. The molecule has 0 radical (unpaired) electrons. The van der Waals surface area contributed by atoms with Crippen LogP contribution in [0.1, 0.15) is 28.9 Å². The number of nitrogens with one attached hydrogen (secondary N) is 1. The number of carbonyl (C=O) groups excluding carboxylic acids is 1. The van der Waals surface area contributed by atoms with Crippen molar-refractivity contribution in [1.29, 1.82) is 5.26 Å². The van der Waals surface area contributed by atoms with E-state index in [-0.39, 0.29) is 29.0 Å². The van der Waals surface area contributed by atoms with Crippen LogP contribution in [0.2, 0.25) is 0 Å². The Morgan fingerprint density at radius 2 is 2.10 bits per heavy atom. The molecule has 1 aromatic carbocycles. The number of nitriles is 1. The quantitative estimate of drug-likeness (QED) is 0.929. The number of halogens is 1. The van der Waals surface area contributed by atoms with E-state index in [0.717, 1.165) is 12.8 Å². The number of rotatable bonds is 3. The first-order valence-corrected chi connectivity index (χ1v) is 6.23. The van der Waals surface area contributed by atoms with E-state index in [9.17, 15) is 9.18 Å². The van der Waals surface area contributed by atoms with Crippen molar-refractivity contribution in [3.05, 3.63) is 47.5 Å². The molecule has 0 atom stereocenters. The maximum absolute atomic E-state index is 13.0. The van der Waals surface area contributed by atoms with Crippen molar-refractivity contribution in [3.63, 3.8) is 0 Å². The highest BCUT2D eigenvalue weighted by Crippen LogP contribution is 2.33. The highest BCUT2D eigenvalue weighted by Gasteiger charge is 2.35. The van der Waals surface area contributed by atoms with Crippen molar-refractivity contribution in [2.75, 3.05) is 4.90 Å². The fraction of sp³-hybridized carbons (Fsp3) is 0.214. The third-order valence-electron chi connectivity index (χ3n) is 3.22. The molecule has 1 aliphatic rings. The topological polar surface area (TPSA) is 72.8 Å². The van der Waals surface area contributed by atoms with Crippen LogP contribution in [0.25, 0.3) is 0 Å². The number of carbonyl (C=O) groups is 1. The van der Waals surface area contributed by atoms with Crippen molar-refractivity contribution >= 4 is 11.6 Å². The van der Waals surface area contributed by atoms with E-state index in [1.807, 2.05) is 6.07 Å². The molecule has 5 nitrogen and oxygen atoms in total. The lowest BCUT2D eigenvalue weighted by atomic mass is 10.2. The average molecular weight is 270 g/mol. The molecule has 0 bridgehead atoms. The minimum atomic E-state index is -0.349. The Hall–Kier alpha value is -2.68. The number of anilines is 1. The maximum atomic E-state index is 13.0. The molecule has 1 saturated carbocycles. The van der Waals surface area contributed by atoms with E-state index >= 15 is 0 Å². The molecule has 0 aliphatic heterocycles. The summed E-state index contributed by atoms with van der Waals surface area (Å²) in [5, 5.41) is 15.2. The summed E-state index contributed by atoms with van der Waals surface area (Å²) in [6.07, 6.45) is 3.16. The summed E-state index contributed by atoms with van der Waals surface area (Å²) < 4.78 is 13.0. The molecule has 1 aromatic heterocycles. The number of benzene rings is 1. The second-order valence-electron chi connectivity index (χ2n) is 4.65. The highest BCUT2D eigenvalue weighted by molar-refractivity contribution is 6.07. The van der Waals surface area contributed by atoms with Crippen molar-refractivity contribution in [3.8, 4) is 6.07 Å². The molecule has 20 heavy (non-hydrogen) atoms. The van der Waals surface area contributed by atoms with Crippen LogP contribution in [-0.4, -0.2) is 22.1 Å². The van der Waals surface area contributed by atoms with E-state index < -0.39 is 0 Å². The summed E-state index contributed by atoms with van der Waals surface area (Å²) in [6, 6.07) is 7.78. The van der Waals surface area contributed by atoms with Crippen LogP contribution in [0.4, 0.5) is 10.1 Å². The summed E-state index contributed by atoms with van der Waals surface area (Å²) in [5.74, 6) is -0.637. The Labute approximate surface area is 114 Å². The van der Waals surface area contributed by atoms with Crippen LogP contribution < -0.4 is 4.90 Å². The zero-order valence-corrected chi connectivity index (χ0v) is 10.5. The van der Waals surface area contributed by atoms with Gasteiger partial charge in [0, 0.05) is 11.7 Å². The van der Waals surface area contributed by atoms with Crippen molar-refractivity contribution in [1.82, 2.24) is 10.2 Å². The minimum absolute atomic E-state index is 0.106. The van der Waals surface area contributed by atoms with Gasteiger partial charge in [-0.15, -0.1) is 0 Å². The highest BCUT2D eigenvalue weighted by atomic mass is 19.1. The van der Waals surface area contributed by atoms with Crippen molar-refractivity contribution in [2.45, 2.75) is 18.9 Å². The maximum Gasteiger partial charge on any atom is 0.263 e. The van der Waals surface area contributed by atoms with E-state index in [0.29, 0.717) is 5.69 Å². The average Bonchev–Trinajstić information content (AvgIpc) is 3.17. The molecule has 0 unspecified atom stereocenters. The van der Waals surface area contributed by atoms with Gasteiger partial charge in [0.05, 0.1) is 11.8 Å². The molecular weight excluding hydrogens is 259 g/mol. The van der Waals surface area contributed by atoms with Gasteiger partial charge in [0.1, 0.15) is 17.6 Å². The molecule has 0 saturated heterocycles. The number of amides is 1. The number of aromatic amines is 1. The number of H-pyrrole nitrogens is 1. The fourth-order valence-corrected chi connectivity index (χ4v) is 2.09. The lowest BCUT2D eigenvalue weighted by Crippen LogP contribution is -2.33. The second kappa shape index (κ2) is 4.78. The first-order chi connectivity index (χ1) is 9.70. The third-order valence-corrected chi connectivity index (χ3v) is 3.22. The molecule has 1 heterocycles. The van der Waals surface area contributed by atoms with E-state index in [4.69, 9.17) is 5.26 Å². The van der Waals surface area contributed by atoms with Crippen LogP contribution in [0.15, 0.2) is 30.5 Å². The fourth-order valence-electron chi connectivity index (χ4n) is 2.09. The van der Waals surface area contributed by atoms with E-state index in [1.165, 1.54) is 18.3 Å². The van der Waals surface area contributed by atoms with Gasteiger partial charge in [-0.2, -0.15) is 10.4 Å². The Morgan fingerprint density at radius 1 is 1.40 bits per heavy atom. The predicted molar refractivity (Wildman–Crippen MR) is 69.5 cm³/mol. The molecule has 3 rings (SSSR count). The van der Waals surface area contributed by atoms with Gasteiger partial charge in [0.15, 0.2) is 0 Å². The van der Waals surface area contributed by atoms with Crippen molar-refractivity contribution in [2.24, 2.45) is 0 Å². The summed E-state index contributed by atoms with van der Waals surface area (Å²) in [7, 11) is 0. The largest absolute Gasteiger partial charge is 0.305 e. The van der Waals surface area contributed by atoms with Gasteiger partial charge >= 0.3 is 0 Å². The molecule has 1 N–H and O–H groups in total.